The van der Waals surface area contributed by atoms with Crippen molar-refractivity contribution in [3.05, 3.63) is 16.0 Å². The lowest BCUT2D eigenvalue weighted by Crippen LogP contribution is -2.28. The topological polar surface area (TPSA) is 66.5 Å². The van der Waals surface area contributed by atoms with Crippen LogP contribution in [0.3, 0.4) is 0 Å². The van der Waals surface area contributed by atoms with E-state index in [1.807, 2.05) is 0 Å². The summed E-state index contributed by atoms with van der Waals surface area (Å²) < 4.78 is 26.4. The molecule has 0 aliphatic rings. The van der Waals surface area contributed by atoms with E-state index in [1.54, 1.807) is 20.0 Å². The van der Waals surface area contributed by atoms with Crippen molar-refractivity contribution in [2.45, 2.75) is 24.0 Å². The van der Waals surface area contributed by atoms with Crippen molar-refractivity contribution in [3.63, 3.8) is 0 Å². The molecular weight excluding hydrogens is 308 g/mol. The molecule has 0 fully saturated rings. The van der Waals surface area contributed by atoms with Crippen LogP contribution in [0.25, 0.3) is 0 Å². The molecule has 1 rings (SSSR count). The summed E-state index contributed by atoms with van der Waals surface area (Å²) >= 11 is 6.94. The first-order valence-corrected chi connectivity index (χ1v) is 8.35. The number of nitrogens with one attached hydrogen (secondary N) is 1. The molecule has 0 unspecified atom stereocenters. The number of thiophene rings is 1. The zero-order valence-electron chi connectivity index (χ0n) is 11.1. The Morgan fingerprint density at radius 2 is 2.16 bits per heavy atom. The highest BCUT2D eigenvalue weighted by Crippen LogP contribution is 2.31. The van der Waals surface area contributed by atoms with E-state index < -0.39 is 10.0 Å². The van der Waals surface area contributed by atoms with Crippen molar-refractivity contribution in [1.29, 1.82) is 0 Å². The van der Waals surface area contributed by atoms with Gasteiger partial charge in [-0.3, -0.25) is 4.79 Å². The fourth-order valence-corrected chi connectivity index (χ4v) is 4.55. The largest absolute Gasteiger partial charge is 0.359 e. The second kappa shape index (κ2) is 6.69. The average Bonchev–Trinajstić information content (AvgIpc) is 2.69. The maximum absolute atomic E-state index is 12.2. The van der Waals surface area contributed by atoms with Crippen molar-refractivity contribution in [1.82, 2.24) is 9.62 Å². The zero-order valence-corrected chi connectivity index (χ0v) is 13.5. The molecule has 0 saturated carbocycles. The molecule has 0 spiro atoms. The highest BCUT2D eigenvalue weighted by molar-refractivity contribution is 7.91. The number of hydrogen-bond acceptors (Lipinski definition) is 4. The van der Waals surface area contributed by atoms with E-state index in [9.17, 15) is 13.2 Å². The summed E-state index contributed by atoms with van der Waals surface area (Å²) in [7, 11) is -0.453. The summed E-state index contributed by atoms with van der Waals surface area (Å²) in [5.74, 6) is -0.0965. The number of carbonyl (C=O) groups excluding carboxylic acids is 1. The van der Waals surface area contributed by atoms with Gasteiger partial charge in [-0.25, -0.2) is 12.7 Å². The van der Waals surface area contributed by atoms with E-state index in [4.69, 9.17) is 11.6 Å². The molecule has 1 aromatic rings. The van der Waals surface area contributed by atoms with E-state index >= 15 is 0 Å². The minimum Gasteiger partial charge on any atom is -0.359 e. The Kier molecular flexibility index (Phi) is 5.79. The third kappa shape index (κ3) is 4.17. The van der Waals surface area contributed by atoms with Crippen LogP contribution in [-0.2, 0) is 14.8 Å². The monoisotopic (exact) mass is 324 g/mol. The molecule has 8 heteroatoms. The predicted octanol–water partition coefficient (Wildman–Crippen LogP) is 1.86. The van der Waals surface area contributed by atoms with E-state index in [0.717, 1.165) is 16.9 Å². The quantitative estimate of drug-likeness (QED) is 0.868. The highest BCUT2D eigenvalue weighted by atomic mass is 35.5. The number of sulfonamides is 1. The lowest BCUT2D eigenvalue weighted by molar-refractivity contribution is -0.120. The van der Waals surface area contributed by atoms with Gasteiger partial charge >= 0.3 is 0 Å². The molecule has 19 heavy (non-hydrogen) atoms. The molecular formula is C11H17ClN2O3S2. The average molecular weight is 325 g/mol. The highest BCUT2D eigenvalue weighted by Gasteiger charge is 2.23. The number of aryl methyl sites for hydroxylation is 1. The molecule has 1 aromatic heterocycles. The summed E-state index contributed by atoms with van der Waals surface area (Å²) in [6.07, 6.45) is 0.786. The second-order valence-corrected chi connectivity index (χ2v) is 8.05. The van der Waals surface area contributed by atoms with Gasteiger partial charge in [0.25, 0.3) is 10.0 Å². The van der Waals surface area contributed by atoms with Crippen molar-refractivity contribution in [2.24, 2.45) is 0 Å². The van der Waals surface area contributed by atoms with E-state index in [1.165, 1.54) is 11.4 Å². The van der Waals surface area contributed by atoms with Crippen LogP contribution in [0.4, 0.5) is 0 Å². The minimum absolute atomic E-state index is 0.0965. The van der Waals surface area contributed by atoms with Gasteiger partial charge in [0.1, 0.15) is 4.21 Å². The van der Waals surface area contributed by atoms with Gasteiger partial charge in [-0.15, -0.1) is 11.3 Å². The molecule has 1 heterocycles. The Morgan fingerprint density at radius 1 is 1.53 bits per heavy atom. The van der Waals surface area contributed by atoms with Crippen LogP contribution >= 0.6 is 22.9 Å². The van der Waals surface area contributed by atoms with Gasteiger partial charge in [-0.1, -0.05) is 11.6 Å². The predicted molar refractivity (Wildman–Crippen MR) is 77.2 cm³/mol. The van der Waals surface area contributed by atoms with Crippen LogP contribution in [0.2, 0.25) is 4.34 Å². The molecule has 0 aliphatic heterocycles. The van der Waals surface area contributed by atoms with E-state index in [0.29, 0.717) is 23.7 Å². The fourth-order valence-electron chi connectivity index (χ4n) is 1.42. The molecule has 1 amide bonds. The third-order valence-electron chi connectivity index (χ3n) is 2.65. The minimum atomic E-state index is -3.51. The fraction of sp³-hybridized carbons (Fsp3) is 0.545. The maximum Gasteiger partial charge on any atom is 0.252 e. The van der Waals surface area contributed by atoms with Crippen molar-refractivity contribution in [2.75, 3.05) is 20.6 Å². The van der Waals surface area contributed by atoms with Gasteiger partial charge in [-0.2, -0.15) is 0 Å². The van der Waals surface area contributed by atoms with Crippen LogP contribution in [0.1, 0.15) is 18.4 Å². The smallest absolute Gasteiger partial charge is 0.252 e. The number of hydrogen-bond donors (Lipinski definition) is 1. The standard InChI is InChI=1S/C11H17ClN2O3S2/c1-8-7-10(18-11(8)12)19(16,17)14(3)6-4-5-9(15)13-2/h7H,4-6H2,1-3H3,(H,13,15). The molecule has 0 aromatic carbocycles. The zero-order chi connectivity index (χ0) is 14.6. The first kappa shape index (κ1) is 16.4. The van der Waals surface area contributed by atoms with Gasteiger partial charge in [0.2, 0.25) is 5.91 Å². The number of carbonyl (C=O) groups is 1. The maximum atomic E-state index is 12.2. The molecule has 0 aliphatic carbocycles. The Bertz CT molecular complexity index is 535. The lowest BCUT2D eigenvalue weighted by atomic mass is 10.3. The normalized spacial score (nSPS) is 11.8. The number of halogens is 1. The Balaban J connectivity index is 2.69. The van der Waals surface area contributed by atoms with E-state index in [2.05, 4.69) is 5.32 Å². The Labute approximate surface area is 122 Å². The number of rotatable bonds is 6. The summed E-state index contributed by atoms with van der Waals surface area (Å²) in [4.78, 5) is 11.1. The molecule has 1 N–H and O–H groups in total. The van der Waals surface area contributed by atoms with Gasteiger partial charge in [0.15, 0.2) is 0 Å². The molecule has 5 nitrogen and oxygen atoms in total. The van der Waals surface area contributed by atoms with Crippen LogP contribution in [-0.4, -0.2) is 39.3 Å². The molecule has 0 bridgehead atoms. The van der Waals surface area contributed by atoms with Crippen molar-refractivity contribution in [3.8, 4) is 0 Å². The van der Waals surface area contributed by atoms with Crippen LogP contribution in [0, 0.1) is 6.92 Å². The SMILES string of the molecule is CNC(=O)CCCN(C)S(=O)(=O)c1cc(C)c(Cl)s1. The molecule has 0 radical (unpaired) electrons. The van der Waals surface area contributed by atoms with Gasteiger partial charge in [0, 0.05) is 27.1 Å². The van der Waals surface area contributed by atoms with Gasteiger partial charge in [-0.05, 0) is 25.0 Å². The molecule has 108 valence electrons. The summed E-state index contributed by atoms with van der Waals surface area (Å²) in [6.45, 7) is 2.06. The number of nitrogens with zero attached hydrogens (tertiary/aromatic N) is 1. The van der Waals surface area contributed by atoms with Crippen LogP contribution in [0.15, 0.2) is 10.3 Å². The number of amides is 1. The van der Waals surface area contributed by atoms with Gasteiger partial charge in [0.05, 0.1) is 4.34 Å². The first-order chi connectivity index (χ1) is 8.78. The van der Waals surface area contributed by atoms with Gasteiger partial charge < -0.3 is 5.32 Å². The van der Waals surface area contributed by atoms with Crippen molar-refractivity contribution < 1.29 is 13.2 Å². The van der Waals surface area contributed by atoms with Crippen molar-refractivity contribution >= 4 is 38.9 Å². The van der Waals surface area contributed by atoms with Crippen LogP contribution in [0.5, 0.6) is 0 Å². The summed E-state index contributed by atoms with van der Waals surface area (Å²) in [6, 6.07) is 1.57. The third-order valence-corrected chi connectivity index (χ3v) is 6.52. The Morgan fingerprint density at radius 3 is 2.63 bits per heavy atom. The first-order valence-electron chi connectivity index (χ1n) is 5.72. The van der Waals surface area contributed by atoms with Crippen LogP contribution < -0.4 is 5.32 Å². The van der Waals surface area contributed by atoms with E-state index in [-0.39, 0.29) is 10.1 Å². The lowest BCUT2D eigenvalue weighted by Gasteiger charge is -2.15. The summed E-state index contributed by atoms with van der Waals surface area (Å²) in [5.41, 5.74) is 0.754. The summed E-state index contributed by atoms with van der Waals surface area (Å²) in [5, 5.41) is 2.50. The Hall–Kier alpha value is -0.630. The second-order valence-electron chi connectivity index (χ2n) is 4.13. The molecule has 0 saturated heterocycles. The molecule has 0 atom stereocenters.